The normalized spacial score (nSPS) is 19.0. The van der Waals surface area contributed by atoms with Crippen LogP contribution in [0.5, 0.6) is 0 Å². The van der Waals surface area contributed by atoms with Gasteiger partial charge in [-0.15, -0.1) is 0 Å². The molecule has 2 N–H and O–H groups in total. The highest BCUT2D eigenvalue weighted by molar-refractivity contribution is 7.88. The zero-order valence-electron chi connectivity index (χ0n) is 12.7. The first-order valence-corrected chi connectivity index (χ1v) is 9.23. The van der Waals surface area contributed by atoms with E-state index in [2.05, 4.69) is 15.0 Å². The molecule has 0 aromatic carbocycles. The highest BCUT2D eigenvalue weighted by atomic mass is 32.2. The number of hydrogen-bond donors (Lipinski definition) is 2. The fourth-order valence-electron chi connectivity index (χ4n) is 2.52. The largest absolute Gasteiger partial charge is 0.338 e. The lowest BCUT2D eigenvalue weighted by Gasteiger charge is -2.32. The highest BCUT2D eigenvalue weighted by Gasteiger charge is 2.25. The second-order valence-electron chi connectivity index (χ2n) is 5.48. The second-order valence-corrected chi connectivity index (χ2v) is 7.26. The number of aromatic nitrogens is 1. The van der Waals surface area contributed by atoms with Gasteiger partial charge in [-0.3, -0.25) is 4.98 Å². The number of amides is 2. The van der Waals surface area contributed by atoms with Crippen molar-refractivity contribution in [3.63, 3.8) is 0 Å². The van der Waals surface area contributed by atoms with Crippen molar-refractivity contribution in [3.8, 4) is 0 Å². The van der Waals surface area contributed by atoms with Crippen LogP contribution in [0.25, 0.3) is 0 Å². The summed E-state index contributed by atoms with van der Waals surface area (Å²) in [6.45, 7) is 1.57. The summed E-state index contributed by atoms with van der Waals surface area (Å²) < 4.78 is 25.1. The van der Waals surface area contributed by atoms with Crippen LogP contribution < -0.4 is 10.0 Å². The number of rotatable bonds is 5. The predicted octanol–water partition coefficient (Wildman–Crippen LogP) is 0.347. The molecule has 1 aliphatic rings. The summed E-state index contributed by atoms with van der Waals surface area (Å²) >= 11 is 0. The first kappa shape index (κ1) is 16.7. The van der Waals surface area contributed by atoms with E-state index in [1.54, 1.807) is 11.1 Å². The molecule has 1 aliphatic heterocycles. The van der Waals surface area contributed by atoms with Crippen LogP contribution in [-0.4, -0.2) is 56.3 Å². The van der Waals surface area contributed by atoms with Crippen LogP contribution in [0.3, 0.4) is 0 Å². The highest BCUT2D eigenvalue weighted by Crippen LogP contribution is 2.10. The van der Waals surface area contributed by atoms with Crippen molar-refractivity contribution in [3.05, 3.63) is 30.1 Å². The van der Waals surface area contributed by atoms with Gasteiger partial charge in [-0.05, 0) is 25.0 Å². The molecule has 2 rings (SSSR count). The van der Waals surface area contributed by atoms with Crippen molar-refractivity contribution in [1.82, 2.24) is 19.9 Å². The van der Waals surface area contributed by atoms with Gasteiger partial charge in [-0.25, -0.2) is 17.9 Å². The molecule has 1 fully saturated rings. The first-order valence-electron chi connectivity index (χ1n) is 7.34. The van der Waals surface area contributed by atoms with E-state index >= 15 is 0 Å². The lowest BCUT2D eigenvalue weighted by molar-refractivity contribution is 0.177. The fourth-order valence-corrected chi connectivity index (χ4v) is 3.31. The van der Waals surface area contributed by atoms with E-state index in [4.69, 9.17) is 0 Å². The van der Waals surface area contributed by atoms with Gasteiger partial charge in [0, 0.05) is 44.0 Å². The van der Waals surface area contributed by atoms with Crippen LogP contribution in [0.4, 0.5) is 4.79 Å². The van der Waals surface area contributed by atoms with Crippen molar-refractivity contribution < 1.29 is 13.2 Å². The van der Waals surface area contributed by atoms with Crippen molar-refractivity contribution in [1.29, 1.82) is 0 Å². The summed E-state index contributed by atoms with van der Waals surface area (Å²) in [4.78, 5) is 18.0. The first-order chi connectivity index (χ1) is 10.4. The minimum atomic E-state index is -3.24. The number of carbonyl (C=O) groups excluding carboxylic acids is 1. The third kappa shape index (κ3) is 5.61. The monoisotopic (exact) mass is 326 g/mol. The number of urea groups is 1. The number of carbonyl (C=O) groups is 1. The molecule has 0 aliphatic carbocycles. The maximum absolute atomic E-state index is 12.1. The summed E-state index contributed by atoms with van der Waals surface area (Å²) in [6, 6.07) is 5.32. The molecule has 7 nitrogen and oxygen atoms in total. The predicted molar refractivity (Wildman–Crippen MR) is 83.9 cm³/mol. The number of pyridine rings is 1. The Hall–Kier alpha value is -1.67. The van der Waals surface area contributed by atoms with Gasteiger partial charge in [-0.1, -0.05) is 6.07 Å². The van der Waals surface area contributed by atoms with Crippen LogP contribution in [-0.2, 0) is 16.4 Å². The maximum atomic E-state index is 12.1. The molecule has 0 radical (unpaired) electrons. The molecule has 1 unspecified atom stereocenters. The molecule has 22 heavy (non-hydrogen) atoms. The van der Waals surface area contributed by atoms with E-state index in [0.717, 1.165) is 24.8 Å². The second kappa shape index (κ2) is 7.55. The fraction of sp³-hybridized carbons (Fsp3) is 0.571. The van der Waals surface area contributed by atoms with Gasteiger partial charge >= 0.3 is 6.03 Å². The standard InChI is InChI=1S/C14H22N4O3S/c1-22(20,21)17-13-6-4-10-18(11-13)14(19)16-9-7-12-5-2-3-8-15-12/h2-3,5,8,13,17H,4,6-7,9-11H2,1H3,(H,16,19). The van der Waals surface area contributed by atoms with E-state index < -0.39 is 10.0 Å². The summed E-state index contributed by atoms with van der Waals surface area (Å²) in [5.41, 5.74) is 0.929. The lowest BCUT2D eigenvalue weighted by Crippen LogP contribution is -2.52. The maximum Gasteiger partial charge on any atom is 0.317 e. The SMILES string of the molecule is CS(=O)(=O)NC1CCCN(C(=O)NCCc2ccccn2)C1. The topological polar surface area (TPSA) is 91.4 Å². The molecular weight excluding hydrogens is 304 g/mol. The van der Waals surface area contributed by atoms with Gasteiger partial charge in [0.15, 0.2) is 0 Å². The third-order valence-corrected chi connectivity index (χ3v) is 4.23. The molecule has 0 saturated carbocycles. The zero-order valence-corrected chi connectivity index (χ0v) is 13.5. The number of likely N-dealkylation sites (tertiary alicyclic amines) is 1. The number of piperidine rings is 1. The minimum Gasteiger partial charge on any atom is -0.338 e. The molecular formula is C14H22N4O3S. The van der Waals surface area contributed by atoms with Gasteiger partial charge in [0.25, 0.3) is 0 Å². The molecule has 1 atom stereocenters. The smallest absolute Gasteiger partial charge is 0.317 e. The van der Waals surface area contributed by atoms with Crippen molar-refractivity contribution in [2.45, 2.75) is 25.3 Å². The number of sulfonamides is 1. The number of hydrogen-bond acceptors (Lipinski definition) is 4. The zero-order chi connectivity index (χ0) is 16.0. The lowest BCUT2D eigenvalue weighted by atomic mass is 10.1. The van der Waals surface area contributed by atoms with E-state index in [0.29, 0.717) is 26.1 Å². The molecule has 2 amide bonds. The molecule has 1 aromatic heterocycles. The Morgan fingerprint density at radius 1 is 1.45 bits per heavy atom. The molecule has 122 valence electrons. The van der Waals surface area contributed by atoms with Crippen molar-refractivity contribution in [2.75, 3.05) is 25.9 Å². The molecule has 0 bridgehead atoms. The summed E-state index contributed by atoms with van der Waals surface area (Å²) in [7, 11) is -3.24. The van der Waals surface area contributed by atoms with E-state index in [-0.39, 0.29) is 12.1 Å². The van der Waals surface area contributed by atoms with Gasteiger partial charge < -0.3 is 10.2 Å². The van der Waals surface area contributed by atoms with E-state index in [1.165, 1.54) is 0 Å². The van der Waals surface area contributed by atoms with Crippen LogP contribution in [0.2, 0.25) is 0 Å². The van der Waals surface area contributed by atoms with Gasteiger partial charge in [0.1, 0.15) is 0 Å². The van der Waals surface area contributed by atoms with Gasteiger partial charge in [0.05, 0.1) is 6.26 Å². The number of nitrogens with one attached hydrogen (secondary N) is 2. The molecule has 1 aromatic rings. The number of nitrogens with zero attached hydrogens (tertiary/aromatic N) is 2. The Kier molecular flexibility index (Phi) is 5.73. The van der Waals surface area contributed by atoms with Crippen LogP contribution in [0.1, 0.15) is 18.5 Å². The average molecular weight is 326 g/mol. The van der Waals surface area contributed by atoms with E-state index in [1.807, 2.05) is 18.2 Å². The van der Waals surface area contributed by atoms with Crippen LogP contribution in [0.15, 0.2) is 24.4 Å². The van der Waals surface area contributed by atoms with Crippen LogP contribution >= 0.6 is 0 Å². The Labute approximate surface area is 131 Å². The van der Waals surface area contributed by atoms with Gasteiger partial charge in [0.2, 0.25) is 10.0 Å². The summed E-state index contributed by atoms with van der Waals surface area (Å²) in [5.74, 6) is 0. The summed E-state index contributed by atoms with van der Waals surface area (Å²) in [6.07, 6.45) is 5.08. The Balaban J connectivity index is 1.77. The Bertz CT molecular complexity index is 591. The Morgan fingerprint density at radius 2 is 2.27 bits per heavy atom. The average Bonchev–Trinajstić information content (AvgIpc) is 2.47. The molecule has 2 heterocycles. The molecule has 0 spiro atoms. The van der Waals surface area contributed by atoms with Crippen LogP contribution in [0, 0.1) is 0 Å². The summed E-state index contributed by atoms with van der Waals surface area (Å²) in [5, 5.41) is 2.85. The third-order valence-electron chi connectivity index (χ3n) is 3.47. The Morgan fingerprint density at radius 3 is 2.95 bits per heavy atom. The van der Waals surface area contributed by atoms with Crippen molar-refractivity contribution >= 4 is 16.1 Å². The molecule has 8 heteroatoms. The quantitative estimate of drug-likeness (QED) is 0.817. The molecule has 1 saturated heterocycles. The van der Waals surface area contributed by atoms with Crippen molar-refractivity contribution in [2.24, 2.45) is 0 Å². The minimum absolute atomic E-state index is 0.157. The van der Waals surface area contributed by atoms with E-state index in [9.17, 15) is 13.2 Å². The van der Waals surface area contributed by atoms with Gasteiger partial charge in [-0.2, -0.15) is 0 Å².